The molecule has 2 rings (SSSR count). The van der Waals surface area contributed by atoms with Crippen molar-refractivity contribution >= 4 is 5.97 Å². The Hall–Kier alpha value is -1.77. The largest absolute Gasteiger partial charge is 0.508 e. The fourth-order valence-electron chi connectivity index (χ4n) is 3.86. The van der Waals surface area contributed by atoms with Gasteiger partial charge in [0.1, 0.15) is 5.75 Å². The SMILES string of the molecule is C=C(C)[C@H]1CCc2cc(C)c(O)cc2[C@]1(C)CCC(=O)OC. The molecule has 3 nitrogen and oxygen atoms in total. The number of phenols is 1. The summed E-state index contributed by atoms with van der Waals surface area (Å²) in [7, 11) is 1.42. The number of phenolic OH excluding ortho intramolecular Hbond substituents is 1. The topological polar surface area (TPSA) is 46.5 Å². The van der Waals surface area contributed by atoms with E-state index in [4.69, 9.17) is 4.74 Å². The van der Waals surface area contributed by atoms with E-state index in [2.05, 4.69) is 26.5 Å². The van der Waals surface area contributed by atoms with Gasteiger partial charge in [-0.25, -0.2) is 0 Å². The van der Waals surface area contributed by atoms with E-state index in [0.29, 0.717) is 24.5 Å². The number of rotatable bonds is 4. The quantitative estimate of drug-likeness (QED) is 0.674. The zero-order chi connectivity index (χ0) is 16.5. The number of esters is 1. The van der Waals surface area contributed by atoms with Crippen LogP contribution in [-0.2, 0) is 21.4 Å². The van der Waals surface area contributed by atoms with Gasteiger partial charge in [0.15, 0.2) is 0 Å². The van der Waals surface area contributed by atoms with Crippen molar-refractivity contribution in [1.29, 1.82) is 0 Å². The minimum absolute atomic E-state index is 0.190. The second-order valence-corrected chi connectivity index (χ2v) is 6.73. The lowest BCUT2D eigenvalue weighted by Crippen LogP contribution is -2.38. The van der Waals surface area contributed by atoms with Crippen LogP contribution in [0.2, 0.25) is 0 Å². The number of ether oxygens (including phenoxy) is 1. The average Bonchev–Trinajstić information content (AvgIpc) is 2.47. The molecule has 0 radical (unpaired) electrons. The van der Waals surface area contributed by atoms with Crippen LogP contribution in [0.25, 0.3) is 0 Å². The summed E-state index contributed by atoms with van der Waals surface area (Å²) in [6.07, 6.45) is 3.10. The molecule has 0 aromatic heterocycles. The van der Waals surface area contributed by atoms with Gasteiger partial charge in [-0.15, -0.1) is 0 Å². The van der Waals surface area contributed by atoms with E-state index in [-0.39, 0.29) is 11.4 Å². The highest BCUT2D eigenvalue weighted by Crippen LogP contribution is 2.48. The molecule has 0 heterocycles. The third kappa shape index (κ3) is 2.90. The molecule has 0 fully saturated rings. The van der Waals surface area contributed by atoms with Gasteiger partial charge in [0.2, 0.25) is 0 Å². The summed E-state index contributed by atoms with van der Waals surface area (Å²) in [6.45, 7) is 10.3. The Balaban J connectivity index is 2.47. The molecule has 1 aliphatic carbocycles. The molecule has 0 bridgehead atoms. The molecule has 0 unspecified atom stereocenters. The van der Waals surface area contributed by atoms with Gasteiger partial charge in [0.25, 0.3) is 0 Å². The molecule has 120 valence electrons. The first-order valence-corrected chi connectivity index (χ1v) is 7.84. The van der Waals surface area contributed by atoms with Crippen LogP contribution < -0.4 is 0 Å². The zero-order valence-corrected chi connectivity index (χ0v) is 14.0. The number of benzene rings is 1. The maximum atomic E-state index is 11.6. The van der Waals surface area contributed by atoms with Crippen LogP contribution in [0.5, 0.6) is 5.75 Å². The van der Waals surface area contributed by atoms with Crippen LogP contribution in [-0.4, -0.2) is 18.2 Å². The maximum Gasteiger partial charge on any atom is 0.305 e. The molecule has 0 spiro atoms. The first kappa shape index (κ1) is 16.6. The Bertz CT molecular complexity index is 603. The second-order valence-electron chi connectivity index (χ2n) is 6.73. The molecule has 2 atom stereocenters. The van der Waals surface area contributed by atoms with Gasteiger partial charge in [-0.05, 0) is 67.2 Å². The van der Waals surface area contributed by atoms with Crippen molar-refractivity contribution in [2.24, 2.45) is 5.92 Å². The molecule has 1 N–H and O–H groups in total. The minimum Gasteiger partial charge on any atom is -0.508 e. The lowest BCUT2D eigenvalue weighted by atomic mass is 9.60. The van der Waals surface area contributed by atoms with Gasteiger partial charge < -0.3 is 9.84 Å². The molecule has 1 aromatic rings. The van der Waals surface area contributed by atoms with Crippen LogP contribution in [0, 0.1) is 12.8 Å². The molecule has 0 saturated carbocycles. The van der Waals surface area contributed by atoms with Crippen molar-refractivity contribution in [2.75, 3.05) is 7.11 Å². The van der Waals surface area contributed by atoms with Crippen molar-refractivity contribution in [3.8, 4) is 5.75 Å². The number of methoxy groups -OCH3 is 1. The molecule has 1 aromatic carbocycles. The molecule has 22 heavy (non-hydrogen) atoms. The Kier molecular flexibility index (Phi) is 4.64. The third-order valence-electron chi connectivity index (χ3n) is 5.18. The lowest BCUT2D eigenvalue weighted by Gasteiger charge is -2.44. The van der Waals surface area contributed by atoms with Crippen LogP contribution in [0.1, 0.15) is 49.8 Å². The number of aryl methyl sites for hydroxylation is 2. The predicted octanol–water partition coefficient (Wildman–Crippen LogP) is 4.05. The van der Waals surface area contributed by atoms with Gasteiger partial charge >= 0.3 is 5.97 Å². The number of aromatic hydroxyl groups is 1. The normalized spacial score (nSPS) is 23.7. The van der Waals surface area contributed by atoms with Crippen molar-refractivity contribution in [3.05, 3.63) is 41.0 Å². The number of hydrogen-bond donors (Lipinski definition) is 1. The molecular weight excluding hydrogens is 276 g/mol. The Morgan fingerprint density at radius 3 is 2.77 bits per heavy atom. The van der Waals surface area contributed by atoms with E-state index in [0.717, 1.165) is 29.5 Å². The van der Waals surface area contributed by atoms with E-state index >= 15 is 0 Å². The third-order valence-corrected chi connectivity index (χ3v) is 5.18. The monoisotopic (exact) mass is 302 g/mol. The molecule has 0 amide bonds. The van der Waals surface area contributed by atoms with Crippen LogP contribution in [0.4, 0.5) is 0 Å². The fraction of sp³-hybridized carbons (Fsp3) is 0.526. The maximum absolute atomic E-state index is 11.6. The summed E-state index contributed by atoms with van der Waals surface area (Å²) in [6, 6.07) is 3.97. The van der Waals surface area contributed by atoms with E-state index in [9.17, 15) is 9.90 Å². The highest BCUT2D eigenvalue weighted by Gasteiger charge is 2.41. The van der Waals surface area contributed by atoms with Gasteiger partial charge in [-0.3, -0.25) is 4.79 Å². The molecule has 3 heteroatoms. The number of fused-ring (bicyclic) bond motifs is 1. The second kappa shape index (κ2) is 6.15. The first-order chi connectivity index (χ1) is 10.3. The highest BCUT2D eigenvalue weighted by molar-refractivity contribution is 5.69. The summed E-state index contributed by atoms with van der Waals surface area (Å²) in [5.74, 6) is 0.447. The highest BCUT2D eigenvalue weighted by atomic mass is 16.5. The number of allylic oxidation sites excluding steroid dienone is 1. The van der Waals surface area contributed by atoms with Crippen molar-refractivity contribution in [1.82, 2.24) is 0 Å². The van der Waals surface area contributed by atoms with E-state index in [1.54, 1.807) is 0 Å². The Morgan fingerprint density at radius 2 is 2.18 bits per heavy atom. The van der Waals surface area contributed by atoms with E-state index in [1.165, 1.54) is 12.7 Å². The molecule has 0 aliphatic heterocycles. The van der Waals surface area contributed by atoms with Crippen LogP contribution in [0.3, 0.4) is 0 Å². The lowest BCUT2D eigenvalue weighted by molar-refractivity contribution is -0.141. The van der Waals surface area contributed by atoms with Gasteiger partial charge in [0.05, 0.1) is 7.11 Å². The molecule has 1 aliphatic rings. The zero-order valence-electron chi connectivity index (χ0n) is 14.0. The fourth-order valence-corrected chi connectivity index (χ4v) is 3.86. The van der Waals surface area contributed by atoms with Gasteiger partial charge in [-0.2, -0.15) is 0 Å². The van der Waals surface area contributed by atoms with Crippen LogP contribution >= 0.6 is 0 Å². The number of carbonyl (C=O) groups excluding carboxylic acids is 1. The van der Waals surface area contributed by atoms with E-state index < -0.39 is 0 Å². The number of carbonyl (C=O) groups is 1. The minimum atomic E-state index is -0.196. The summed E-state index contributed by atoms with van der Waals surface area (Å²) < 4.78 is 4.80. The first-order valence-electron chi connectivity index (χ1n) is 7.84. The smallest absolute Gasteiger partial charge is 0.305 e. The van der Waals surface area contributed by atoms with Crippen LogP contribution in [0.15, 0.2) is 24.3 Å². The molecular formula is C19H26O3. The van der Waals surface area contributed by atoms with E-state index in [1.807, 2.05) is 13.0 Å². The molecule has 0 saturated heterocycles. The van der Waals surface area contributed by atoms with Gasteiger partial charge in [0, 0.05) is 6.42 Å². The summed E-state index contributed by atoms with van der Waals surface area (Å²) in [5.41, 5.74) is 4.28. The predicted molar refractivity (Wildman–Crippen MR) is 88.1 cm³/mol. The number of hydrogen-bond acceptors (Lipinski definition) is 3. The average molecular weight is 302 g/mol. The summed E-state index contributed by atoms with van der Waals surface area (Å²) in [4.78, 5) is 11.6. The Morgan fingerprint density at radius 1 is 1.50 bits per heavy atom. The standard InChI is InChI=1S/C19H26O3/c1-12(2)15-7-6-14-10-13(3)17(20)11-16(14)19(15,4)9-8-18(21)22-5/h10-11,15,20H,1,6-9H2,2-5H3/t15-,19-/m1/s1. The van der Waals surface area contributed by atoms with Crippen molar-refractivity contribution in [3.63, 3.8) is 0 Å². The van der Waals surface area contributed by atoms with Gasteiger partial charge in [-0.1, -0.05) is 25.1 Å². The van der Waals surface area contributed by atoms with Crippen molar-refractivity contribution < 1.29 is 14.6 Å². The summed E-state index contributed by atoms with van der Waals surface area (Å²) >= 11 is 0. The summed E-state index contributed by atoms with van der Waals surface area (Å²) in [5, 5.41) is 10.1. The Labute approximate surface area is 133 Å². The van der Waals surface area contributed by atoms with Crippen molar-refractivity contribution in [2.45, 2.75) is 51.9 Å².